The van der Waals surface area contributed by atoms with E-state index < -0.39 is 16.0 Å². The molecular weight excluding hydrogens is 420 g/mol. The van der Waals surface area contributed by atoms with Crippen LogP contribution in [0.5, 0.6) is 0 Å². The molecule has 0 radical (unpaired) electrons. The van der Waals surface area contributed by atoms with Crippen molar-refractivity contribution in [1.82, 2.24) is 0 Å². The summed E-state index contributed by atoms with van der Waals surface area (Å²) in [5.74, 6) is -0.648. The number of ether oxygens (including phenoxy) is 1. The maximum atomic E-state index is 12.0. The van der Waals surface area contributed by atoms with Crippen molar-refractivity contribution in [2.75, 3.05) is 12.4 Å². The van der Waals surface area contributed by atoms with Gasteiger partial charge in [-0.3, -0.25) is 0 Å². The Labute approximate surface area is 161 Å². The fourth-order valence-electron chi connectivity index (χ4n) is 2.53. The normalized spacial score (nSPS) is 12.5. The lowest BCUT2D eigenvalue weighted by Gasteiger charge is -2.19. The van der Waals surface area contributed by atoms with Gasteiger partial charge in [0.05, 0.1) is 18.4 Å². The minimum atomic E-state index is -4.02. The lowest BCUT2D eigenvalue weighted by Crippen LogP contribution is -2.21. The Bertz CT molecular complexity index is 886. The van der Waals surface area contributed by atoms with E-state index in [1.807, 2.05) is 37.3 Å². The summed E-state index contributed by atoms with van der Waals surface area (Å²) in [6, 6.07) is 12.8. The van der Waals surface area contributed by atoms with Gasteiger partial charge in [-0.2, -0.15) is 0 Å². The number of hydrogen-bond donors (Lipinski definition) is 2. The van der Waals surface area contributed by atoms with Crippen LogP contribution in [0.1, 0.15) is 29.3 Å². The van der Waals surface area contributed by atoms with Gasteiger partial charge in [-0.15, -0.1) is 0 Å². The fourth-order valence-corrected chi connectivity index (χ4v) is 3.75. The van der Waals surface area contributed by atoms with E-state index >= 15 is 0 Å². The summed E-state index contributed by atoms with van der Waals surface area (Å²) in [7, 11) is -2.79. The number of nitrogens with two attached hydrogens (primary N) is 1. The Kier molecular flexibility index (Phi) is 6.80. The molecule has 1 atom stereocenters. The van der Waals surface area contributed by atoms with Crippen molar-refractivity contribution in [3.63, 3.8) is 0 Å². The van der Waals surface area contributed by atoms with Gasteiger partial charge in [0.25, 0.3) is 0 Å². The Morgan fingerprint density at radius 1 is 1.27 bits per heavy atom. The lowest BCUT2D eigenvalue weighted by molar-refractivity contribution is 0.0599. The minimum Gasteiger partial charge on any atom is -0.465 e. The number of rotatable bonds is 7. The summed E-state index contributed by atoms with van der Waals surface area (Å²) in [5.41, 5.74) is 1.64. The predicted octanol–water partition coefficient (Wildman–Crippen LogP) is 3.32. The molecule has 3 N–H and O–H groups in total. The lowest BCUT2D eigenvalue weighted by atomic mass is 10.1. The number of carbonyl (C=O) groups is 1. The van der Waals surface area contributed by atoms with Crippen molar-refractivity contribution in [2.45, 2.75) is 30.7 Å². The van der Waals surface area contributed by atoms with Gasteiger partial charge in [0.2, 0.25) is 10.0 Å². The monoisotopic (exact) mass is 440 g/mol. The molecule has 2 aromatic rings. The summed E-state index contributed by atoms with van der Waals surface area (Å²) >= 11 is 3.28. The molecule has 0 aliphatic rings. The van der Waals surface area contributed by atoms with E-state index in [4.69, 9.17) is 5.14 Å². The zero-order valence-corrected chi connectivity index (χ0v) is 16.9. The molecule has 0 bridgehead atoms. The molecule has 26 heavy (non-hydrogen) atoms. The number of carbonyl (C=O) groups excluding carboxylic acids is 1. The molecule has 2 rings (SSSR count). The third-order valence-electron chi connectivity index (χ3n) is 3.89. The number of anilines is 1. The first-order valence-electron chi connectivity index (χ1n) is 7.97. The van der Waals surface area contributed by atoms with E-state index in [2.05, 4.69) is 26.0 Å². The molecule has 0 heterocycles. The summed E-state index contributed by atoms with van der Waals surface area (Å²) < 4.78 is 29.0. The third kappa shape index (κ3) is 5.30. The molecule has 2 aromatic carbocycles. The minimum absolute atomic E-state index is 0.00779. The number of halogens is 1. The van der Waals surface area contributed by atoms with Crippen molar-refractivity contribution in [1.29, 1.82) is 0 Å². The van der Waals surface area contributed by atoms with Crippen molar-refractivity contribution in [2.24, 2.45) is 5.14 Å². The van der Waals surface area contributed by atoms with Gasteiger partial charge in [0.1, 0.15) is 4.90 Å². The molecule has 8 heteroatoms. The van der Waals surface area contributed by atoms with Crippen LogP contribution in [0.2, 0.25) is 0 Å². The average molecular weight is 441 g/mol. The van der Waals surface area contributed by atoms with Gasteiger partial charge < -0.3 is 10.1 Å². The van der Waals surface area contributed by atoms with E-state index in [-0.39, 0.29) is 16.5 Å². The molecule has 0 saturated carbocycles. The first kappa shape index (κ1) is 20.4. The van der Waals surface area contributed by atoms with Crippen LogP contribution in [0, 0.1) is 0 Å². The van der Waals surface area contributed by atoms with Gasteiger partial charge >= 0.3 is 5.97 Å². The topological polar surface area (TPSA) is 98.5 Å². The van der Waals surface area contributed by atoms with Crippen LogP contribution >= 0.6 is 15.9 Å². The quantitative estimate of drug-likeness (QED) is 0.643. The molecular formula is C18H21BrN2O4S. The van der Waals surface area contributed by atoms with Gasteiger partial charge in [-0.25, -0.2) is 18.4 Å². The molecule has 0 spiro atoms. The van der Waals surface area contributed by atoms with Crippen molar-refractivity contribution >= 4 is 37.6 Å². The Morgan fingerprint density at radius 2 is 1.92 bits per heavy atom. The number of methoxy groups -OCH3 is 1. The average Bonchev–Trinajstić information content (AvgIpc) is 2.59. The third-order valence-corrected chi connectivity index (χ3v) is 5.50. The zero-order valence-electron chi connectivity index (χ0n) is 14.5. The number of hydrogen-bond acceptors (Lipinski definition) is 5. The SMILES string of the molecule is COC(=O)c1cc(S(N)(=O)=O)c(N[C@@H](C)CCc2ccccc2)cc1Br. The number of esters is 1. The van der Waals surface area contributed by atoms with Crippen LogP contribution in [0.4, 0.5) is 5.69 Å². The largest absolute Gasteiger partial charge is 0.465 e. The standard InChI is InChI=1S/C18H21BrN2O4S/c1-12(8-9-13-6-4-3-5-7-13)21-16-11-15(19)14(18(22)25-2)10-17(16)26(20,23)24/h3-7,10-12,21H,8-9H2,1-2H3,(H2,20,23,24)/t12-/m0/s1. The highest BCUT2D eigenvalue weighted by Crippen LogP contribution is 2.30. The van der Waals surface area contributed by atoms with Gasteiger partial charge in [0, 0.05) is 10.5 Å². The summed E-state index contributed by atoms with van der Waals surface area (Å²) in [6.45, 7) is 1.96. The maximum Gasteiger partial charge on any atom is 0.339 e. The fraction of sp³-hybridized carbons (Fsp3) is 0.278. The Morgan fingerprint density at radius 3 is 2.50 bits per heavy atom. The smallest absolute Gasteiger partial charge is 0.339 e. The number of nitrogens with one attached hydrogen (secondary N) is 1. The van der Waals surface area contributed by atoms with E-state index in [0.717, 1.165) is 12.8 Å². The molecule has 6 nitrogen and oxygen atoms in total. The number of benzene rings is 2. The molecule has 0 saturated heterocycles. The van der Waals surface area contributed by atoms with Crippen molar-refractivity contribution < 1.29 is 17.9 Å². The molecule has 0 fully saturated rings. The molecule has 140 valence electrons. The number of primary sulfonamides is 1. The molecule has 0 aliphatic heterocycles. The van der Waals surface area contributed by atoms with Crippen LogP contribution < -0.4 is 10.5 Å². The van der Waals surface area contributed by atoms with E-state index in [0.29, 0.717) is 10.2 Å². The van der Waals surface area contributed by atoms with Crippen LogP contribution in [0.15, 0.2) is 51.8 Å². The second-order valence-corrected chi connectivity index (χ2v) is 8.32. The van der Waals surface area contributed by atoms with Gasteiger partial charge in [-0.1, -0.05) is 30.3 Å². The van der Waals surface area contributed by atoms with E-state index in [1.54, 1.807) is 0 Å². The number of sulfonamides is 1. The highest BCUT2D eigenvalue weighted by molar-refractivity contribution is 9.10. The summed E-state index contributed by atoms with van der Waals surface area (Å²) in [4.78, 5) is 11.7. The number of aryl methyl sites for hydroxylation is 1. The zero-order chi connectivity index (χ0) is 19.3. The molecule has 0 amide bonds. The maximum absolute atomic E-state index is 12.0. The first-order valence-corrected chi connectivity index (χ1v) is 10.3. The van der Waals surface area contributed by atoms with Crippen LogP contribution in [-0.2, 0) is 21.2 Å². The van der Waals surface area contributed by atoms with E-state index in [9.17, 15) is 13.2 Å². The highest BCUT2D eigenvalue weighted by atomic mass is 79.9. The second-order valence-electron chi connectivity index (χ2n) is 5.93. The van der Waals surface area contributed by atoms with Crippen molar-refractivity contribution in [3.05, 3.63) is 58.1 Å². The van der Waals surface area contributed by atoms with Gasteiger partial charge in [-0.05, 0) is 53.4 Å². The highest BCUT2D eigenvalue weighted by Gasteiger charge is 2.21. The van der Waals surface area contributed by atoms with Crippen LogP contribution in [-0.4, -0.2) is 27.5 Å². The van der Waals surface area contributed by atoms with E-state index in [1.165, 1.54) is 24.8 Å². The summed E-state index contributed by atoms with van der Waals surface area (Å²) in [6.07, 6.45) is 1.64. The summed E-state index contributed by atoms with van der Waals surface area (Å²) in [5, 5.41) is 8.49. The Balaban J connectivity index is 2.24. The molecule has 0 unspecified atom stereocenters. The van der Waals surface area contributed by atoms with Crippen molar-refractivity contribution in [3.8, 4) is 0 Å². The van der Waals surface area contributed by atoms with Gasteiger partial charge in [0.15, 0.2) is 0 Å². The Hall–Kier alpha value is -1.90. The predicted molar refractivity (Wildman–Crippen MR) is 105 cm³/mol. The van der Waals surface area contributed by atoms with Crippen LogP contribution in [0.25, 0.3) is 0 Å². The molecule has 0 aromatic heterocycles. The second kappa shape index (κ2) is 8.66. The molecule has 0 aliphatic carbocycles. The van der Waals surface area contributed by atoms with Crippen LogP contribution in [0.3, 0.4) is 0 Å². The first-order chi connectivity index (χ1) is 12.2.